The fourth-order valence-corrected chi connectivity index (χ4v) is 9.76. The fraction of sp³-hybridized carbons (Fsp3) is 0.900. The molecule has 5 rings (SSSR count). The zero-order valence-corrected chi connectivity index (χ0v) is 23.7. The number of rotatable bonds is 6. The topological polar surface area (TPSA) is 83.7 Å². The van der Waals surface area contributed by atoms with Crippen LogP contribution in [0.4, 0.5) is 0 Å². The molecule has 5 fully saturated rings. The van der Waals surface area contributed by atoms with Crippen molar-refractivity contribution in [3.8, 4) is 0 Å². The van der Waals surface area contributed by atoms with Crippen molar-refractivity contribution in [2.24, 2.45) is 56.6 Å². The summed E-state index contributed by atoms with van der Waals surface area (Å²) >= 11 is 0. The molecule has 1 N–H and O–H groups in total. The van der Waals surface area contributed by atoms with Gasteiger partial charge in [0.05, 0.1) is 17.5 Å². The highest BCUT2D eigenvalue weighted by Crippen LogP contribution is 2.67. The molecule has 9 atom stereocenters. The van der Waals surface area contributed by atoms with Crippen LogP contribution in [0.1, 0.15) is 91.4 Å². The van der Waals surface area contributed by atoms with Gasteiger partial charge in [0.25, 0.3) is 0 Å². The summed E-state index contributed by atoms with van der Waals surface area (Å²) in [4.78, 5) is 25.8. The van der Waals surface area contributed by atoms with E-state index in [0.717, 1.165) is 77.3 Å². The molecule has 4 aliphatic carbocycles. The molecule has 0 aromatic rings. The predicted molar refractivity (Wildman–Crippen MR) is 145 cm³/mol. The number of amides is 1. The average molecular weight is 516 g/mol. The van der Waals surface area contributed by atoms with Gasteiger partial charge in [0.1, 0.15) is 14.2 Å². The molecule has 37 heavy (non-hydrogen) atoms. The van der Waals surface area contributed by atoms with Crippen molar-refractivity contribution in [3.63, 3.8) is 0 Å². The van der Waals surface area contributed by atoms with E-state index in [1.807, 2.05) is 0 Å². The molecule has 0 aromatic carbocycles. The lowest BCUT2D eigenvalue weighted by atomic mass is 9.43. The van der Waals surface area contributed by atoms with Crippen molar-refractivity contribution in [3.05, 3.63) is 0 Å². The Morgan fingerprint density at radius 3 is 2.51 bits per heavy atom. The number of carbonyl (C=O) groups is 1. The second-order valence-corrected chi connectivity index (χ2v) is 13.3. The number of fused-ring (bicyclic) bond motifs is 5. The number of hydrogen-bond donors (Lipinski definition) is 1. The Kier molecular flexibility index (Phi) is 7.65. The van der Waals surface area contributed by atoms with Crippen molar-refractivity contribution < 1.29 is 19.6 Å². The van der Waals surface area contributed by atoms with E-state index in [9.17, 15) is 9.90 Å². The van der Waals surface area contributed by atoms with Crippen LogP contribution >= 0.6 is 0 Å². The van der Waals surface area contributed by atoms with Crippen molar-refractivity contribution in [2.75, 3.05) is 27.3 Å². The van der Waals surface area contributed by atoms with Gasteiger partial charge in [-0.25, -0.2) is 0 Å². The van der Waals surface area contributed by atoms with Crippen LogP contribution in [-0.4, -0.2) is 60.8 Å². The highest BCUT2D eigenvalue weighted by Gasteiger charge is 2.65. The third-order valence-corrected chi connectivity index (χ3v) is 11.8. The maximum absolute atomic E-state index is 12.8. The Bertz CT molecular complexity index is 915. The maximum Gasteiger partial charge on any atom is 0.222 e. The summed E-state index contributed by atoms with van der Waals surface area (Å²) in [6.07, 6.45) is 10.6. The minimum Gasteiger partial charge on any atom is -0.399 e. The highest BCUT2D eigenvalue weighted by atomic mass is 16.6. The van der Waals surface area contributed by atoms with Crippen LogP contribution in [0.25, 0.3) is 0 Å². The smallest absolute Gasteiger partial charge is 0.222 e. The highest BCUT2D eigenvalue weighted by molar-refractivity contribution is 5.96. The van der Waals surface area contributed by atoms with Crippen LogP contribution < -0.4 is 0 Å². The van der Waals surface area contributed by atoms with Gasteiger partial charge in [0.15, 0.2) is 0 Å². The minimum atomic E-state index is -0.209. The van der Waals surface area contributed by atoms with E-state index in [1.165, 1.54) is 11.4 Å². The Balaban J connectivity index is 1.43. The van der Waals surface area contributed by atoms with Crippen LogP contribution in [0, 0.1) is 46.3 Å². The fourth-order valence-electron chi connectivity index (χ4n) is 9.76. The first-order valence-corrected chi connectivity index (χ1v) is 14.9. The molecule has 1 amide bonds. The number of hydrogen-bond acceptors (Lipinski definition) is 6. The van der Waals surface area contributed by atoms with Gasteiger partial charge in [0, 0.05) is 30.8 Å². The van der Waals surface area contributed by atoms with Crippen LogP contribution in [0.3, 0.4) is 0 Å². The molecule has 0 radical (unpaired) electrons. The van der Waals surface area contributed by atoms with Crippen LogP contribution in [-0.2, 0) is 14.5 Å². The third-order valence-electron chi connectivity index (χ3n) is 11.8. The number of aliphatic hydroxyl groups excluding tert-OH is 1. The first kappa shape index (κ1) is 27.0. The second kappa shape index (κ2) is 10.5. The maximum atomic E-state index is 12.8. The zero-order chi connectivity index (χ0) is 26.4. The number of nitrogens with zero attached hydrogens (tertiary/aromatic N) is 3. The number of oxime groups is 2. The SMILES string of the molecule is CO/N=C1/C[C@@H]2C[C@H](O)CC[C@]2(C)[C@H]2C/C(=N\OC)[C@]3(C)[C@@H]([C@H](C)CCC(=O)N4CCCC4)CC[C@H]3[C@H]12. The van der Waals surface area contributed by atoms with Crippen molar-refractivity contribution in [2.45, 2.75) is 97.5 Å². The van der Waals surface area contributed by atoms with Crippen molar-refractivity contribution in [1.29, 1.82) is 0 Å². The Labute approximate surface area is 223 Å². The quantitative estimate of drug-likeness (QED) is 0.489. The van der Waals surface area contributed by atoms with Gasteiger partial charge in [-0.3, -0.25) is 4.79 Å². The van der Waals surface area contributed by atoms with Gasteiger partial charge >= 0.3 is 0 Å². The summed E-state index contributed by atoms with van der Waals surface area (Å²) in [5.74, 6) is 2.93. The van der Waals surface area contributed by atoms with Gasteiger partial charge in [0.2, 0.25) is 5.91 Å². The number of aliphatic hydroxyl groups is 1. The summed E-state index contributed by atoms with van der Waals surface area (Å²) in [7, 11) is 3.35. The van der Waals surface area contributed by atoms with E-state index in [1.54, 1.807) is 14.2 Å². The van der Waals surface area contributed by atoms with E-state index in [2.05, 4.69) is 30.8 Å². The third kappa shape index (κ3) is 4.51. The molecule has 7 nitrogen and oxygen atoms in total. The lowest BCUT2D eigenvalue weighted by Crippen LogP contribution is -2.60. The lowest BCUT2D eigenvalue weighted by Gasteiger charge is -2.61. The molecular weight excluding hydrogens is 466 g/mol. The zero-order valence-electron chi connectivity index (χ0n) is 23.7. The first-order valence-electron chi connectivity index (χ1n) is 14.9. The van der Waals surface area contributed by atoms with E-state index >= 15 is 0 Å². The normalized spacial score (nSPS) is 44.3. The molecule has 1 heterocycles. The van der Waals surface area contributed by atoms with E-state index in [0.29, 0.717) is 47.8 Å². The van der Waals surface area contributed by atoms with E-state index in [4.69, 9.17) is 14.8 Å². The molecule has 0 spiro atoms. The van der Waals surface area contributed by atoms with Crippen LogP contribution in [0.5, 0.6) is 0 Å². The largest absolute Gasteiger partial charge is 0.399 e. The summed E-state index contributed by atoms with van der Waals surface area (Å²) in [5, 5.41) is 19.9. The molecule has 7 heteroatoms. The van der Waals surface area contributed by atoms with Gasteiger partial charge in [-0.05, 0) is 99.2 Å². The van der Waals surface area contributed by atoms with Crippen molar-refractivity contribution >= 4 is 17.3 Å². The van der Waals surface area contributed by atoms with Gasteiger partial charge in [-0.2, -0.15) is 0 Å². The monoisotopic (exact) mass is 515 g/mol. The molecular formula is C30H49N3O4. The van der Waals surface area contributed by atoms with E-state index in [-0.39, 0.29) is 16.9 Å². The van der Waals surface area contributed by atoms with Gasteiger partial charge in [-0.1, -0.05) is 31.1 Å². The Morgan fingerprint density at radius 1 is 1.08 bits per heavy atom. The molecule has 1 saturated heterocycles. The molecule has 208 valence electrons. The lowest BCUT2D eigenvalue weighted by molar-refractivity contribution is -0.130. The standard InChI is InChI=1S/C30H49N3O4/c1-19(8-11-27(35)33-14-6-7-15-33)22-9-10-23-28-24(18-26(32-37-5)30(22,23)3)29(2)13-12-21(34)16-20(29)17-25(28)31-36-4/h19-24,28,34H,6-18H2,1-5H3/b31-25-,32-26+/t19-,20+,21-,22-,23+,24+,28+,29+,30-/m1/s1. The number of carbonyl (C=O) groups excluding carboxylic acids is 1. The minimum absolute atomic E-state index is 0.0703. The number of likely N-dealkylation sites (tertiary alicyclic amines) is 1. The Morgan fingerprint density at radius 2 is 1.81 bits per heavy atom. The van der Waals surface area contributed by atoms with Gasteiger partial charge in [-0.15, -0.1) is 0 Å². The van der Waals surface area contributed by atoms with Crippen LogP contribution in [0.2, 0.25) is 0 Å². The molecule has 0 aromatic heterocycles. The van der Waals surface area contributed by atoms with E-state index < -0.39 is 0 Å². The predicted octanol–water partition coefficient (Wildman–Crippen LogP) is 5.27. The Hall–Kier alpha value is -1.63. The molecule has 0 bridgehead atoms. The van der Waals surface area contributed by atoms with Crippen molar-refractivity contribution in [1.82, 2.24) is 4.90 Å². The average Bonchev–Trinajstić information content (AvgIpc) is 3.53. The summed E-state index contributed by atoms with van der Waals surface area (Å²) in [6.45, 7) is 9.13. The second-order valence-electron chi connectivity index (χ2n) is 13.3. The summed E-state index contributed by atoms with van der Waals surface area (Å²) in [5.41, 5.74) is 2.51. The summed E-state index contributed by atoms with van der Waals surface area (Å²) < 4.78 is 0. The molecule has 0 unspecified atom stereocenters. The summed E-state index contributed by atoms with van der Waals surface area (Å²) in [6, 6.07) is 0. The molecule has 4 saturated carbocycles. The van der Waals surface area contributed by atoms with Crippen LogP contribution in [0.15, 0.2) is 10.3 Å². The van der Waals surface area contributed by atoms with Gasteiger partial charge < -0.3 is 19.7 Å². The molecule has 5 aliphatic rings. The first-order chi connectivity index (χ1) is 17.7. The molecule has 1 aliphatic heterocycles.